The van der Waals surface area contributed by atoms with Gasteiger partial charge in [0.05, 0.1) is 44.6 Å². The highest BCUT2D eigenvalue weighted by molar-refractivity contribution is 5.82. The Labute approximate surface area is 211 Å². The van der Waals surface area contributed by atoms with E-state index in [1.54, 1.807) is 6.07 Å². The second kappa shape index (κ2) is 8.07. The summed E-state index contributed by atoms with van der Waals surface area (Å²) in [5, 5.41) is 20.3. The Balaban J connectivity index is 1.94. The van der Waals surface area contributed by atoms with Gasteiger partial charge in [-0.05, 0) is 36.4 Å². The SMILES string of the molecule is CC(C)(C)c1nc2ccccc2n1-c1cc(-n2c(C(C)(C)C)nc3ccccc32)c(C#N)cc1C#N. The monoisotopic (exact) mass is 472 g/mol. The van der Waals surface area contributed by atoms with Gasteiger partial charge in [-0.15, -0.1) is 0 Å². The van der Waals surface area contributed by atoms with Crippen molar-refractivity contribution in [3.8, 4) is 23.5 Å². The average molecular weight is 473 g/mol. The van der Waals surface area contributed by atoms with Crippen LogP contribution in [0.3, 0.4) is 0 Å². The molecule has 0 amide bonds. The lowest BCUT2D eigenvalue weighted by Gasteiger charge is -2.24. The van der Waals surface area contributed by atoms with Crippen LogP contribution in [0.25, 0.3) is 33.4 Å². The van der Waals surface area contributed by atoms with E-state index in [1.807, 2.05) is 54.6 Å². The van der Waals surface area contributed by atoms with Gasteiger partial charge in [0.15, 0.2) is 0 Å². The molecule has 2 aromatic heterocycles. The minimum absolute atomic E-state index is 0.280. The van der Waals surface area contributed by atoms with Crippen LogP contribution in [-0.2, 0) is 10.8 Å². The molecule has 6 heteroatoms. The Bertz CT molecular complexity index is 1600. The molecular weight excluding hydrogens is 444 g/mol. The van der Waals surface area contributed by atoms with Gasteiger partial charge in [0.1, 0.15) is 23.8 Å². The zero-order valence-corrected chi connectivity index (χ0v) is 21.5. The Morgan fingerprint density at radius 1 is 0.611 bits per heavy atom. The molecule has 0 unspecified atom stereocenters. The summed E-state index contributed by atoms with van der Waals surface area (Å²) in [6, 6.07) is 24.2. The molecule has 0 fully saturated rings. The molecule has 178 valence electrons. The molecular formula is C30H28N6. The molecule has 0 spiro atoms. The van der Waals surface area contributed by atoms with Crippen LogP contribution in [-0.4, -0.2) is 19.1 Å². The highest BCUT2D eigenvalue weighted by atomic mass is 15.1. The molecule has 0 radical (unpaired) electrons. The van der Waals surface area contributed by atoms with E-state index < -0.39 is 0 Å². The van der Waals surface area contributed by atoms with Gasteiger partial charge in [-0.2, -0.15) is 10.5 Å². The number of para-hydroxylation sites is 4. The first-order valence-corrected chi connectivity index (χ1v) is 12.0. The average Bonchev–Trinajstić information content (AvgIpc) is 3.42. The van der Waals surface area contributed by atoms with Crippen molar-refractivity contribution in [3.05, 3.63) is 83.4 Å². The molecule has 0 saturated carbocycles. The summed E-state index contributed by atoms with van der Waals surface area (Å²) in [5.41, 5.74) is 5.24. The summed E-state index contributed by atoms with van der Waals surface area (Å²) in [4.78, 5) is 9.89. The van der Waals surface area contributed by atoms with Crippen molar-refractivity contribution in [2.75, 3.05) is 0 Å². The Morgan fingerprint density at radius 3 is 1.36 bits per heavy atom. The molecule has 3 aromatic carbocycles. The molecule has 0 saturated heterocycles. The molecule has 36 heavy (non-hydrogen) atoms. The number of nitrogens with zero attached hydrogens (tertiary/aromatic N) is 6. The van der Waals surface area contributed by atoms with E-state index in [1.165, 1.54) is 0 Å². The number of aromatic nitrogens is 4. The minimum atomic E-state index is -0.280. The van der Waals surface area contributed by atoms with Crippen molar-refractivity contribution < 1.29 is 0 Å². The molecule has 0 N–H and O–H groups in total. The van der Waals surface area contributed by atoms with E-state index in [-0.39, 0.29) is 10.8 Å². The van der Waals surface area contributed by atoms with Crippen LogP contribution in [0.5, 0.6) is 0 Å². The first-order valence-electron chi connectivity index (χ1n) is 12.0. The second-order valence-corrected chi connectivity index (χ2v) is 11.1. The lowest BCUT2D eigenvalue weighted by Crippen LogP contribution is -2.20. The second-order valence-electron chi connectivity index (χ2n) is 11.1. The van der Waals surface area contributed by atoms with Crippen molar-refractivity contribution in [2.24, 2.45) is 0 Å². The molecule has 2 heterocycles. The topological polar surface area (TPSA) is 83.2 Å². The van der Waals surface area contributed by atoms with Gasteiger partial charge in [0.2, 0.25) is 0 Å². The summed E-state index contributed by atoms with van der Waals surface area (Å²) in [5.74, 6) is 1.70. The zero-order valence-electron chi connectivity index (χ0n) is 21.5. The zero-order chi connectivity index (χ0) is 25.8. The first kappa shape index (κ1) is 23.3. The summed E-state index contributed by atoms with van der Waals surface area (Å²) in [6.07, 6.45) is 0. The van der Waals surface area contributed by atoms with Crippen LogP contribution < -0.4 is 0 Å². The smallest absolute Gasteiger partial charge is 0.119 e. The predicted octanol–water partition coefficient (Wildman–Crippen LogP) is 6.70. The molecule has 6 nitrogen and oxygen atoms in total. The minimum Gasteiger partial charge on any atom is -0.294 e. The summed E-state index contributed by atoms with van der Waals surface area (Å²) in [7, 11) is 0. The molecule has 0 bridgehead atoms. The lowest BCUT2D eigenvalue weighted by molar-refractivity contribution is 0.537. The van der Waals surface area contributed by atoms with E-state index in [0.29, 0.717) is 22.5 Å². The van der Waals surface area contributed by atoms with Crippen LogP contribution >= 0.6 is 0 Å². The van der Waals surface area contributed by atoms with Crippen molar-refractivity contribution >= 4 is 22.1 Å². The van der Waals surface area contributed by atoms with Gasteiger partial charge in [-0.1, -0.05) is 65.8 Å². The molecule has 0 aliphatic heterocycles. The summed E-state index contributed by atoms with van der Waals surface area (Å²) < 4.78 is 4.13. The highest BCUT2D eigenvalue weighted by Crippen LogP contribution is 2.36. The van der Waals surface area contributed by atoms with E-state index >= 15 is 0 Å². The number of nitriles is 2. The van der Waals surface area contributed by atoms with Gasteiger partial charge in [-0.25, -0.2) is 9.97 Å². The van der Waals surface area contributed by atoms with Crippen LogP contribution in [0, 0.1) is 22.7 Å². The van der Waals surface area contributed by atoms with Gasteiger partial charge < -0.3 is 0 Å². The third-order valence-corrected chi connectivity index (χ3v) is 6.30. The quantitative estimate of drug-likeness (QED) is 0.286. The number of imidazole rings is 2. The number of hydrogen-bond acceptors (Lipinski definition) is 4. The van der Waals surface area contributed by atoms with E-state index in [0.717, 1.165) is 33.7 Å². The molecule has 5 rings (SSSR count). The standard InChI is InChI=1S/C30H28N6/c1-29(2,3)27-33-21-11-7-9-13-23(21)35(27)25-16-26(20(18-32)15-19(25)17-31)36-24-14-10-8-12-22(24)34-28(36)30(4,5)6/h7-16H,1-6H3. The third kappa shape index (κ3) is 3.63. The van der Waals surface area contributed by atoms with Crippen LogP contribution in [0.15, 0.2) is 60.7 Å². The Kier molecular flexibility index (Phi) is 5.23. The largest absolute Gasteiger partial charge is 0.294 e. The Hall–Kier alpha value is -4.42. The van der Waals surface area contributed by atoms with Crippen LogP contribution in [0.1, 0.15) is 64.3 Å². The van der Waals surface area contributed by atoms with Crippen molar-refractivity contribution in [1.29, 1.82) is 10.5 Å². The van der Waals surface area contributed by atoms with Gasteiger partial charge in [0, 0.05) is 10.8 Å². The van der Waals surface area contributed by atoms with E-state index in [4.69, 9.17) is 9.97 Å². The normalized spacial score (nSPS) is 12.1. The van der Waals surface area contributed by atoms with Crippen LogP contribution in [0.2, 0.25) is 0 Å². The van der Waals surface area contributed by atoms with Crippen molar-refractivity contribution in [2.45, 2.75) is 52.4 Å². The Morgan fingerprint density at radius 2 is 1.00 bits per heavy atom. The first-order chi connectivity index (χ1) is 17.0. The summed E-state index contributed by atoms with van der Waals surface area (Å²) >= 11 is 0. The fourth-order valence-corrected chi connectivity index (χ4v) is 4.67. The maximum atomic E-state index is 10.2. The van der Waals surface area contributed by atoms with Crippen LogP contribution in [0.4, 0.5) is 0 Å². The van der Waals surface area contributed by atoms with Gasteiger partial charge in [0.25, 0.3) is 0 Å². The van der Waals surface area contributed by atoms with E-state index in [9.17, 15) is 10.5 Å². The number of rotatable bonds is 2. The fraction of sp³-hybridized carbons (Fsp3) is 0.267. The maximum Gasteiger partial charge on any atom is 0.119 e. The fourth-order valence-electron chi connectivity index (χ4n) is 4.67. The molecule has 0 atom stereocenters. The highest BCUT2D eigenvalue weighted by Gasteiger charge is 2.28. The van der Waals surface area contributed by atoms with Crippen molar-refractivity contribution in [1.82, 2.24) is 19.1 Å². The predicted molar refractivity (Wildman–Crippen MR) is 143 cm³/mol. The van der Waals surface area contributed by atoms with E-state index in [2.05, 4.69) is 62.8 Å². The number of benzene rings is 3. The molecule has 5 aromatic rings. The van der Waals surface area contributed by atoms with Gasteiger partial charge >= 0.3 is 0 Å². The lowest BCUT2D eigenvalue weighted by atomic mass is 9.94. The van der Waals surface area contributed by atoms with Crippen molar-refractivity contribution in [3.63, 3.8) is 0 Å². The summed E-state index contributed by atoms with van der Waals surface area (Å²) in [6.45, 7) is 12.7. The molecule has 0 aliphatic carbocycles. The third-order valence-electron chi connectivity index (χ3n) is 6.30. The van der Waals surface area contributed by atoms with Gasteiger partial charge in [-0.3, -0.25) is 9.13 Å². The number of fused-ring (bicyclic) bond motifs is 2. The molecule has 0 aliphatic rings. The number of hydrogen-bond donors (Lipinski definition) is 0. The maximum absolute atomic E-state index is 10.2.